The van der Waals surface area contributed by atoms with Crippen LogP contribution in [0.1, 0.15) is 23.4 Å². The summed E-state index contributed by atoms with van der Waals surface area (Å²) in [6, 6.07) is 8.16. The lowest BCUT2D eigenvalue weighted by Gasteiger charge is -2.29. The SMILES string of the molecule is Cc1nn(CC(=O)N2CCCc3ccccc32)c(C)c1Br. The zero-order valence-corrected chi connectivity index (χ0v) is 13.9. The van der Waals surface area contributed by atoms with Crippen molar-refractivity contribution in [1.29, 1.82) is 0 Å². The first-order chi connectivity index (χ1) is 10.1. The first kappa shape index (κ1) is 14.3. The number of benzene rings is 1. The maximum atomic E-state index is 12.7. The van der Waals surface area contributed by atoms with Crippen LogP contribution in [0.2, 0.25) is 0 Å². The van der Waals surface area contributed by atoms with Gasteiger partial charge in [-0.3, -0.25) is 9.48 Å². The first-order valence-corrected chi connectivity index (χ1v) is 7.95. The van der Waals surface area contributed by atoms with Crippen molar-refractivity contribution in [2.24, 2.45) is 0 Å². The molecule has 21 heavy (non-hydrogen) atoms. The van der Waals surface area contributed by atoms with Gasteiger partial charge in [-0.2, -0.15) is 5.10 Å². The summed E-state index contributed by atoms with van der Waals surface area (Å²) in [6.07, 6.45) is 2.06. The Balaban J connectivity index is 1.85. The monoisotopic (exact) mass is 347 g/mol. The topological polar surface area (TPSA) is 38.1 Å². The molecule has 1 aliphatic heterocycles. The van der Waals surface area contributed by atoms with E-state index in [4.69, 9.17) is 0 Å². The molecule has 0 N–H and O–H groups in total. The molecule has 2 aromatic rings. The minimum absolute atomic E-state index is 0.0975. The summed E-state index contributed by atoms with van der Waals surface area (Å²) < 4.78 is 2.76. The van der Waals surface area contributed by atoms with Gasteiger partial charge in [-0.05, 0) is 54.2 Å². The number of aryl methyl sites for hydroxylation is 2. The number of amides is 1. The van der Waals surface area contributed by atoms with Crippen LogP contribution in [0, 0.1) is 13.8 Å². The normalized spacial score (nSPS) is 14.1. The Hall–Kier alpha value is -1.62. The van der Waals surface area contributed by atoms with Gasteiger partial charge in [-0.1, -0.05) is 18.2 Å². The number of fused-ring (bicyclic) bond motifs is 1. The zero-order chi connectivity index (χ0) is 15.0. The van der Waals surface area contributed by atoms with E-state index in [0.717, 1.165) is 40.9 Å². The van der Waals surface area contributed by atoms with Gasteiger partial charge in [0.1, 0.15) is 6.54 Å². The molecule has 0 saturated carbocycles. The van der Waals surface area contributed by atoms with Crippen LogP contribution in [-0.4, -0.2) is 22.2 Å². The molecule has 0 radical (unpaired) electrons. The van der Waals surface area contributed by atoms with Crippen LogP contribution in [0.25, 0.3) is 0 Å². The number of aromatic nitrogens is 2. The summed E-state index contributed by atoms with van der Waals surface area (Å²) in [5.74, 6) is 0.0975. The molecule has 110 valence electrons. The quantitative estimate of drug-likeness (QED) is 0.836. The van der Waals surface area contributed by atoms with Crippen molar-refractivity contribution in [3.63, 3.8) is 0 Å². The lowest BCUT2D eigenvalue weighted by atomic mass is 10.0. The van der Waals surface area contributed by atoms with Crippen LogP contribution in [0.15, 0.2) is 28.7 Å². The van der Waals surface area contributed by atoms with Gasteiger partial charge in [-0.15, -0.1) is 0 Å². The third kappa shape index (κ3) is 2.62. The first-order valence-electron chi connectivity index (χ1n) is 7.15. The molecule has 0 bridgehead atoms. The minimum atomic E-state index is 0.0975. The second-order valence-corrected chi connectivity index (χ2v) is 6.21. The average molecular weight is 348 g/mol. The fourth-order valence-electron chi connectivity index (χ4n) is 2.84. The highest BCUT2D eigenvalue weighted by atomic mass is 79.9. The highest BCUT2D eigenvalue weighted by Gasteiger charge is 2.23. The number of anilines is 1. The minimum Gasteiger partial charge on any atom is -0.311 e. The van der Waals surface area contributed by atoms with Crippen LogP contribution >= 0.6 is 15.9 Å². The van der Waals surface area contributed by atoms with E-state index in [1.807, 2.05) is 36.9 Å². The molecule has 1 aliphatic rings. The van der Waals surface area contributed by atoms with Crippen LogP contribution in [0.5, 0.6) is 0 Å². The van der Waals surface area contributed by atoms with Crippen molar-refractivity contribution in [2.45, 2.75) is 33.2 Å². The number of halogens is 1. The van der Waals surface area contributed by atoms with Crippen LogP contribution in [0.4, 0.5) is 5.69 Å². The number of rotatable bonds is 2. The summed E-state index contributed by atoms with van der Waals surface area (Å²) in [7, 11) is 0. The van der Waals surface area contributed by atoms with Crippen molar-refractivity contribution >= 4 is 27.5 Å². The third-order valence-corrected chi connectivity index (χ3v) is 5.14. The van der Waals surface area contributed by atoms with E-state index in [1.54, 1.807) is 4.68 Å². The smallest absolute Gasteiger partial charge is 0.248 e. The zero-order valence-electron chi connectivity index (χ0n) is 12.3. The van der Waals surface area contributed by atoms with E-state index in [2.05, 4.69) is 27.1 Å². The highest BCUT2D eigenvalue weighted by Crippen LogP contribution is 2.27. The third-order valence-electron chi connectivity index (χ3n) is 3.99. The van der Waals surface area contributed by atoms with Gasteiger partial charge in [0, 0.05) is 12.2 Å². The summed E-state index contributed by atoms with van der Waals surface area (Å²) in [6.45, 7) is 4.98. The summed E-state index contributed by atoms with van der Waals surface area (Å²) in [5.41, 5.74) is 4.21. The van der Waals surface area contributed by atoms with E-state index in [0.29, 0.717) is 0 Å². The summed E-state index contributed by atoms with van der Waals surface area (Å²) in [4.78, 5) is 14.5. The van der Waals surface area contributed by atoms with Crippen molar-refractivity contribution in [1.82, 2.24) is 9.78 Å². The molecule has 2 heterocycles. The standard InChI is InChI=1S/C16H18BrN3O/c1-11-16(17)12(2)20(18-11)10-15(21)19-9-5-7-13-6-3-4-8-14(13)19/h3-4,6,8H,5,7,9-10H2,1-2H3. The predicted molar refractivity (Wildman–Crippen MR) is 86.5 cm³/mol. The fourth-order valence-corrected chi connectivity index (χ4v) is 3.12. The number of carbonyl (C=O) groups is 1. The second-order valence-electron chi connectivity index (χ2n) is 5.42. The Bertz CT molecular complexity index is 693. The molecule has 1 aromatic carbocycles. The molecule has 1 amide bonds. The molecule has 4 nitrogen and oxygen atoms in total. The number of para-hydroxylation sites is 1. The molecule has 0 aliphatic carbocycles. The van der Waals surface area contributed by atoms with Crippen molar-refractivity contribution in [2.75, 3.05) is 11.4 Å². The Morgan fingerprint density at radius 1 is 1.33 bits per heavy atom. The van der Waals surface area contributed by atoms with Gasteiger partial charge in [0.05, 0.1) is 15.9 Å². The van der Waals surface area contributed by atoms with Gasteiger partial charge in [0.2, 0.25) is 5.91 Å². The van der Waals surface area contributed by atoms with E-state index in [1.165, 1.54) is 5.56 Å². The Labute approximate surface area is 132 Å². The molecule has 5 heteroatoms. The molecule has 1 aromatic heterocycles. The van der Waals surface area contributed by atoms with Crippen LogP contribution in [0.3, 0.4) is 0 Å². The molecule has 3 rings (SSSR count). The van der Waals surface area contributed by atoms with Gasteiger partial charge in [0.25, 0.3) is 0 Å². The lowest BCUT2D eigenvalue weighted by Crippen LogP contribution is -2.38. The molecular weight excluding hydrogens is 330 g/mol. The summed E-state index contributed by atoms with van der Waals surface area (Å²) in [5, 5.41) is 4.42. The number of carbonyl (C=O) groups excluding carboxylic acids is 1. The van der Waals surface area contributed by atoms with Gasteiger partial charge in [0.15, 0.2) is 0 Å². The van der Waals surface area contributed by atoms with Crippen molar-refractivity contribution < 1.29 is 4.79 Å². The molecule has 0 fully saturated rings. The largest absolute Gasteiger partial charge is 0.311 e. The van der Waals surface area contributed by atoms with Crippen LogP contribution in [-0.2, 0) is 17.8 Å². The van der Waals surface area contributed by atoms with Gasteiger partial charge >= 0.3 is 0 Å². The van der Waals surface area contributed by atoms with Crippen molar-refractivity contribution in [3.8, 4) is 0 Å². The van der Waals surface area contributed by atoms with Gasteiger partial charge in [-0.25, -0.2) is 0 Å². The van der Waals surface area contributed by atoms with Gasteiger partial charge < -0.3 is 4.90 Å². The predicted octanol–water partition coefficient (Wildman–Crippen LogP) is 3.24. The van der Waals surface area contributed by atoms with E-state index < -0.39 is 0 Å². The highest BCUT2D eigenvalue weighted by molar-refractivity contribution is 9.10. The molecule has 0 saturated heterocycles. The fraction of sp³-hybridized carbons (Fsp3) is 0.375. The molecule has 0 atom stereocenters. The molecule has 0 unspecified atom stereocenters. The van der Waals surface area contributed by atoms with E-state index in [9.17, 15) is 4.79 Å². The van der Waals surface area contributed by atoms with Crippen molar-refractivity contribution in [3.05, 3.63) is 45.7 Å². The second kappa shape index (κ2) is 5.64. The van der Waals surface area contributed by atoms with E-state index >= 15 is 0 Å². The molecule has 0 spiro atoms. The molecular formula is C16H18BrN3O. The lowest BCUT2D eigenvalue weighted by molar-refractivity contribution is -0.119. The van der Waals surface area contributed by atoms with Crippen LogP contribution < -0.4 is 4.90 Å². The number of nitrogens with zero attached hydrogens (tertiary/aromatic N) is 3. The Morgan fingerprint density at radius 3 is 2.81 bits per heavy atom. The Kier molecular flexibility index (Phi) is 3.85. The Morgan fingerprint density at radius 2 is 2.10 bits per heavy atom. The maximum Gasteiger partial charge on any atom is 0.248 e. The number of hydrogen-bond donors (Lipinski definition) is 0. The number of hydrogen-bond acceptors (Lipinski definition) is 2. The van der Waals surface area contributed by atoms with E-state index in [-0.39, 0.29) is 12.5 Å². The maximum absolute atomic E-state index is 12.7. The summed E-state index contributed by atoms with van der Waals surface area (Å²) >= 11 is 3.50. The average Bonchev–Trinajstić information content (AvgIpc) is 2.74.